The first-order valence-electron chi connectivity index (χ1n) is 8.06. The van der Waals surface area contributed by atoms with Crippen molar-refractivity contribution in [3.8, 4) is 6.07 Å². The van der Waals surface area contributed by atoms with E-state index < -0.39 is 0 Å². The van der Waals surface area contributed by atoms with E-state index in [-0.39, 0.29) is 5.41 Å². The average Bonchev–Trinajstić information content (AvgIpc) is 2.47. The number of benzene rings is 1. The van der Waals surface area contributed by atoms with Crippen LogP contribution in [-0.4, -0.2) is 0 Å². The summed E-state index contributed by atoms with van der Waals surface area (Å²) in [5, 5.41) is 10.5. The van der Waals surface area contributed by atoms with Crippen molar-refractivity contribution in [1.82, 2.24) is 0 Å². The van der Waals surface area contributed by atoms with Gasteiger partial charge in [0.1, 0.15) is 6.07 Å². The summed E-state index contributed by atoms with van der Waals surface area (Å²) in [5.41, 5.74) is 1.79. The minimum Gasteiger partial charge on any atom is -0.192 e. The zero-order chi connectivity index (χ0) is 14.4. The molecule has 4 aliphatic rings. The Morgan fingerprint density at radius 2 is 1.52 bits per heavy atom. The molecule has 21 heavy (non-hydrogen) atoms. The van der Waals surface area contributed by atoms with Crippen molar-refractivity contribution in [3.05, 3.63) is 40.9 Å². The third-order valence-electron chi connectivity index (χ3n) is 5.90. The van der Waals surface area contributed by atoms with Crippen LogP contribution in [0.4, 0.5) is 0 Å². The zero-order valence-corrected chi connectivity index (χ0v) is 12.9. The largest absolute Gasteiger partial charge is 0.192 e. The van der Waals surface area contributed by atoms with Gasteiger partial charge in [-0.1, -0.05) is 41.9 Å². The molecule has 0 unspecified atom stereocenters. The molecule has 1 aromatic rings. The molecule has 0 N–H and O–H groups in total. The second kappa shape index (κ2) is 4.89. The molecular weight excluding hydrogens is 278 g/mol. The highest BCUT2D eigenvalue weighted by atomic mass is 35.5. The maximum Gasteiger partial charge on any atom is 0.101 e. The summed E-state index contributed by atoms with van der Waals surface area (Å²) in [6.45, 7) is 0. The van der Waals surface area contributed by atoms with Crippen LogP contribution in [0.15, 0.2) is 35.4 Å². The first-order valence-corrected chi connectivity index (χ1v) is 8.44. The molecule has 108 valence electrons. The Morgan fingerprint density at radius 3 is 2.00 bits per heavy atom. The van der Waals surface area contributed by atoms with Gasteiger partial charge < -0.3 is 0 Å². The van der Waals surface area contributed by atoms with E-state index in [1.807, 2.05) is 30.3 Å². The normalized spacial score (nSPS) is 38.0. The number of nitriles is 1. The van der Waals surface area contributed by atoms with E-state index in [0.717, 1.165) is 28.3 Å². The van der Waals surface area contributed by atoms with Gasteiger partial charge in [0.15, 0.2) is 0 Å². The molecule has 0 heterocycles. The maximum atomic E-state index is 9.66. The van der Waals surface area contributed by atoms with Gasteiger partial charge in [-0.3, -0.25) is 0 Å². The first-order chi connectivity index (χ1) is 10.2. The lowest BCUT2D eigenvalue weighted by Gasteiger charge is -2.56. The van der Waals surface area contributed by atoms with Crippen LogP contribution in [0, 0.1) is 34.5 Å². The molecule has 2 heteroatoms. The third-order valence-corrected chi connectivity index (χ3v) is 6.49. The Labute approximate surface area is 131 Å². The lowest BCUT2D eigenvalue weighted by atomic mass is 9.49. The van der Waals surface area contributed by atoms with Gasteiger partial charge in [-0.05, 0) is 61.8 Å². The fourth-order valence-corrected chi connectivity index (χ4v) is 5.87. The summed E-state index contributed by atoms with van der Waals surface area (Å²) in [6.07, 6.45) is 7.81. The van der Waals surface area contributed by atoms with Crippen LogP contribution < -0.4 is 0 Å². The fraction of sp³-hybridized carbons (Fsp3) is 0.526. The summed E-state index contributed by atoms with van der Waals surface area (Å²) >= 11 is 6.86. The average molecular weight is 298 g/mol. The summed E-state index contributed by atoms with van der Waals surface area (Å²) in [5.74, 6) is 2.54. The molecule has 0 atom stereocenters. The summed E-state index contributed by atoms with van der Waals surface area (Å²) in [6, 6.07) is 12.3. The number of halogens is 1. The number of rotatable bonds is 2. The molecule has 1 nitrogen and oxygen atoms in total. The summed E-state index contributed by atoms with van der Waals surface area (Å²) in [4.78, 5) is 0. The van der Waals surface area contributed by atoms with E-state index in [2.05, 4.69) is 6.07 Å². The molecular formula is C19H20ClN. The molecule has 0 saturated heterocycles. The molecule has 5 rings (SSSR count). The highest BCUT2D eigenvalue weighted by Gasteiger charge is 2.52. The van der Waals surface area contributed by atoms with Crippen molar-refractivity contribution in [2.75, 3.05) is 0 Å². The van der Waals surface area contributed by atoms with Crippen LogP contribution in [0.3, 0.4) is 0 Å². The number of nitrogens with zero attached hydrogens (tertiary/aromatic N) is 1. The number of hydrogen-bond acceptors (Lipinski definition) is 1. The smallest absolute Gasteiger partial charge is 0.101 e. The second-order valence-corrected chi connectivity index (χ2v) is 7.74. The Hall–Kier alpha value is -1.26. The number of allylic oxidation sites excluding steroid dienone is 2. The van der Waals surface area contributed by atoms with Gasteiger partial charge >= 0.3 is 0 Å². The SMILES string of the molecule is N#CC(=C(Cl)C12CC3CC(CC(C3)C1)C2)c1ccccc1. The zero-order valence-electron chi connectivity index (χ0n) is 12.2. The molecule has 4 saturated carbocycles. The molecule has 4 aliphatic carbocycles. The minimum atomic E-state index is 0.108. The lowest BCUT2D eigenvalue weighted by molar-refractivity contribution is -0.0260. The first kappa shape index (κ1) is 13.4. The van der Waals surface area contributed by atoms with Crippen LogP contribution in [0.5, 0.6) is 0 Å². The molecule has 1 aromatic carbocycles. The lowest BCUT2D eigenvalue weighted by Crippen LogP contribution is -2.46. The molecule has 0 amide bonds. The van der Waals surface area contributed by atoms with Gasteiger partial charge in [-0.25, -0.2) is 0 Å². The van der Waals surface area contributed by atoms with Crippen LogP contribution in [0.1, 0.15) is 44.1 Å². The summed E-state index contributed by atoms with van der Waals surface area (Å²) < 4.78 is 0. The van der Waals surface area contributed by atoms with Crippen LogP contribution >= 0.6 is 11.6 Å². The topological polar surface area (TPSA) is 23.8 Å². The predicted octanol–water partition coefficient (Wildman–Crippen LogP) is 5.38. The Bertz CT molecular complexity index is 587. The van der Waals surface area contributed by atoms with Gasteiger partial charge in [0.05, 0.1) is 5.57 Å². The van der Waals surface area contributed by atoms with Crippen molar-refractivity contribution >= 4 is 17.2 Å². The Balaban J connectivity index is 1.78. The molecule has 0 aromatic heterocycles. The van der Waals surface area contributed by atoms with E-state index in [4.69, 9.17) is 11.6 Å². The van der Waals surface area contributed by atoms with Gasteiger partial charge in [0.2, 0.25) is 0 Å². The van der Waals surface area contributed by atoms with Crippen molar-refractivity contribution in [2.45, 2.75) is 38.5 Å². The molecule has 0 aliphatic heterocycles. The molecule has 0 radical (unpaired) electrons. The maximum absolute atomic E-state index is 9.66. The van der Waals surface area contributed by atoms with E-state index in [9.17, 15) is 5.26 Å². The van der Waals surface area contributed by atoms with Crippen molar-refractivity contribution < 1.29 is 0 Å². The van der Waals surface area contributed by atoms with Crippen LogP contribution in [0.2, 0.25) is 0 Å². The van der Waals surface area contributed by atoms with Gasteiger partial charge in [-0.2, -0.15) is 5.26 Å². The van der Waals surface area contributed by atoms with Crippen molar-refractivity contribution in [2.24, 2.45) is 23.2 Å². The second-order valence-electron chi connectivity index (χ2n) is 7.36. The standard InChI is InChI=1S/C19H20ClN/c20-18(17(12-21)16-4-2-1-3-5-16)19-9-13-6-14(10-19)8-15(7-13)11-19/h1-5,13-15H,6-11H2. The van der Waals surface area contributed by atoms with Gasteiger partial charge in [0.25, 0.3) is 0 Å². The van der Waals surface area contributed by atoms with Crippen molar-refractivity contribution in [1.29, 1.82) is 5.26 Å². The minimum absolute atomic E-state index is 0.108. The van der Waals surface area contributed by atoms with E-state index >= 15 is 0 Å². The number of hydrogen-bond donors (Lipinski definition) is 0. The van der Waals surface area contributed by atoms with Gasteiger partial charge in [-0.15, -0.1) is 0 Å². The van der Waals surface area contributed by atoms with Gasteiger partial charge in [0, 0.05) is 10.4 Å². The Kier molecular flexibility index (Phi) is 3.12. The fourth-order valence-electron chi connectivity index (χ4n) is 5.49. The Morgan fingerprint density at radius 1 is 1.00 bits per heavy atom. The molecule has 4 fully saturated rings. The highest BCUT2D eigenvalue weighted by Crippen LogP contribution is 2.64. The van der Waals surface area contributed by atoms with Crippen molar-refractivity contribution in [3.63, 3.8) is 0 Å². The highest BCUT2D eigenvalue weighted by molar-refractivity contribution is 6.34. The summed E-state index contributed by atoms with van der Waals surface area (Å²) in [7, 11) is 0. The van der Waals surface area contributed by atoms with Crippen LogP contribution in [-0.2, 0) is 0 Å². The van der Waals surface area contributed by atoms with E-state index in [0.29, 0.717) is 5.57 Å². The molecule has 4 bridgehead atoms. The van der Waals surface area contributed by atoms with Crippen LogP contribution in [0.25, 0.3) is 5.57 Å². The van der Waals surface area contributed by atoms with E-state index in [1.54, 1.807) is 0 Å². The third kappa shape index (κ3) is 2.12. The quantitative estimate of drug-likeness (QED) is 0.673. The monoisotopic (exact) mass is 297 g/mol. The molecule has 0 spiro atoms. The van der Waals surface area contributed by atoms with E-state index in [1.165, 1.54) is 38.5 Å². The predicted molar refractivity (Wildman–Crippen MR) is 85.4 cm³/mol.